The minimum Gasteiger partial charge on any atom is -0.365 e. The van der Waals surface area contributed by atoms with E-state index in [0.29, 0.717) is 13.2 Å². The van der Waals surface area contributed by atoms with Gasteiger partial charge in [0.1, 0.15) is 12.2 Å². The number of rotatable bonds is 11. The van der Waals surface area contributed by atoms with Crippen molar-refractivity contribution in [2.45, 2.75) is 31.7 Å². The summed E-state index contributed by atoms with van der Waals surface area (Å²) in [5, 5.41) is 0. The summed E-state index contributed by atoms with van der Waals surface area (Å²) in [6, 6.07) is 19.3. The summed E-state index contributed by atoms with van der Waals surface area (Å²) in [7, 11) is 3.01. The zero-order valence-corrected chi connectivity index (χ0v) is 14.5. The molecule has 0 aromatic heterocycles. The van der Waals surface area contributed by atoms with E-state index in [0.717, 1.165) is 17.4 Å². The first kappa shape index (κ1) is 19.3. The molecule has 0 aliphatic carbocycles. The lowest BCUT2D eigenvalue weighted by molar-refractivity contribution is -0.216. The lowest BCUT2D eigenvalue weighted by atomic mass is 10.2. The molecule has 0 saturated carbocycles. The van der Waals surface area contributed by atoms with Crippen LogP contribution in [-0.2, 0) is 37.0 Å². The van der Waals surface area contributed by atoms with Gasteiger partial charge in [-0.05, 0) is 11.1 Å². The van der Waals surface area contributed by atoms with E-state index in [1.54, 1.807) is 0 Å². The SMILES string of the molecule is COC(OC)[C@H](OCc1ccccc1)[C@@H](C=O)OCc1ccccc1. The number of carbonyl (C=O) groups excluding carboxylic acids is 1. The molecule has 0 radical (unpaired) electrons. The third-order valence-corrected chi connectivity index (χ3v) is 3.76. The Morgan fingerprint density at radius 2 is 1.28 bits per heavy atom. The summed E-state index contributed by atoms with van der Waals surface area (Å²) < 4.78 is 22.3. The van der Waals surface area contributed by atoms with E-state index in [-0.39, 0.29) is 0 Å². The Balaban J connectivity index is 2.04. The summed E-state index contributed by atoms with van der Waals surface area (Å²) in [5.41, 5.74) is 1.97. The molecule has 5 nitrogen and oxygen atoms in total. The predicted octanol–water partition coefficient (Wildman–Crippen LogP) is 2.98. The average Bonchev–Trinajstić information content (AvgIpc) is 2.68. The molecule has 2 aromatic carbocycles. The normalized spacial score (nSPS) is 13.6. The van der Waals surface area contributed by atoms with Crippen molar-refractivity contribution in [3.8, 4) is 0 Å². The van der Waals surface area contributed by atoms with Gasteiger partial charge in [0.15, 0.2) is 12.6 Å². The number of aldehydes is 1. The van der Waals surface area contributed by atoms with Gasteiger partial charge in [-0.25, -0.2) is 0 Å². The standard InChI is InChI=1S/C20H24O5/c1-22-20(23-2)19(25-15-17-11-7-4-8-12-17)18(13-21)24-14-16-9-5-3-6-10-16/h3-13,18-20H,14-15H2,1-2H3/t18-,19-/m1/s1. The smallest absolute Gasteiger partial charge is 0.186 e. The second-order valence-electron chi connectivity index (χ2n) is 5.50. The highest BCUT2D eigenvalue weighted by Crippen LogP contribution is 2.16. The molecule has 134 valence electrons. The Morgan fingerprint density at radius 3 is 1.72 bits per heavy atom. The van der Waals surface area contributed by atoms with Crippen LogP contribution in [0.1, 0.15) is 11.1 Å². The van der Waals surface area contributed by atoms with Crippen molar-refractivity contribution < 1.29 is 23.7 Å². The third kappa shape index (κ3) is 6.07. The van der Waals surface area contributed by atoms with Gasteiger partial charge in [0.05, 0.1) is 13.2 Å². The summed E-state index contributed by atoms with van der Waals surface area (Å²) in [6.45, 7) is 0.628. The molecule has 2 atom stereocenters. The first-order chi connectivity index (χ1) is 12.3. The molecule has 0 heterocycles. The maximum Gasteiger partial charge on any atom is 0.186 e. The van der Waals surface area contributed by atoms with Gasteiger partial charge < -0.3 is 23.7 Å². The molecule has 0 spiro atoms. The highest BCUT2D eigenvalue weighted by atomic mass is 16.7. The van der Waals surface area contributed by atoms with Gasteiger partial charge in [0.2, 0.25) is 0 Å². The van der Waals surface area contributed by atoms with E-state index in [9.17, 15) is 4.79 Å². The van der Waals surface area contributed by atoms with E-state index in [1.165, 1.54) is 14.2 Å². The second kappa shape index (κ2) is 10.7. The topological polar surface area (TPSA) is 54.0 Å². The maximum absolute atomic E-state index is 11.6. The maximum atomic E-state index is 11.6. The molecule has 5 heteroatoms. The van der Waals surface area contributed by atoms with E-state index < -0.39 is 18.5 Å². The predicted molar refractivity (Wildman–Crippen MR) is 93.9 cm³/mol. The van der Waals surface area contributed by atoms with Gasteiger partial charge in [-0.2, -0.15) is 0 Å². The van der Waals surface area contributed by atoms with Crippen LogP contribution >= 0.6 is 0 Å². The fourth-order valence-corrected chi connectivity index (χ4v) is 2.44. The first-order valence-corrected chi connectivity index (χ1v) is 8.10. The quantitative estimate of drug-likeness (QED) is 0.463. The number of benzene rings is 2. The number of carbonyl (C=O) groups is 1. The van der Waals surface area contributed by atoms with E-state index >= 15 is 0 Å². The molecule has 0 N–H and O–H groups in total. The number of ether oxygens (including phenoxy) is 4. The van der Waals surface area contributed by atoms with Crippen LogP contribution in [0.3, 0.4) is 0 Å². The van der Waals surface area contributed by atoms with Crippen LogP contribution in [0, 0.1) is 0 Å². The van der Waals surface area contributed by atoms with Crippen LogP contribution < -0.4 is 0 Å². The lowest BCUT2D eigenvalue weighted by Gasteiger charge is -2.29. The van der Waals surface area contributed by atoms with Gasteiger partial charge in [-0.3, -0.25) is 0 Å². The number of hydrogen-bond donors (Lipinski definition) is 0. The molecule has 0 unspecified atom stereocenters. The second-order valence-corrected chi connectivity index (χ2v) is 5.50. The Hall–Kier alpha value is -2.05. The monoisotopic (exact) mass is 344 g/mol. The van der Waals surface area contributed by atoms with Crippen molar-refractivity contribution in [1.29, 1.82) is 0 Å². The van der Waals surface area contributed by atoms with Gasteiger partial charge in [-0.1, -0.05) is 60.7 Å². The Labute approximate surface area is 148 Å². The fraction of sp³-hybridized carbons (Fsp3) is 0.350. The molecular weight excluding hydrogens is 320 g/mol. The Morgan fingerprint density at radius 1 is 0.800 bits per heavy atom. The van der Waals surface area contributed by atoms with Crippen LogP contribution in [0.5, 0.6) is 0 Å². The Kier molecular flexibility index (Phi) is 8.28. The molecule has 2 rings (SSSR count). The molecule has 0 amide bonds. The minimum absolute atomic E-state index is 0.301. The van der Waals surface area contributed by atoms with Crippen LogP contribution in [0.4, 0.5) is 0 Å². The van der Waals surface area contributed by atoms with Gasteiger partial charge in [0, 0.05) is 14.2 Å². The zero-order valence-electron chi connectivity index (χ0n) is 14.5. The molecule has 0 aliphatic heterocycles. The largest absolute Gasteiger partial charge is 0.365 e. The van der Waals surface area contributed by atoms with E-state index in [4.69, 9.17) is 18.9 Å². The highest BCUT2D eigenvalue weighted by molar-refractivity contribution is 5.57. The fourth-order valence-electron chi connectivity index (χ4n) is 2.44. The van der Waals surface area contributed by atoms with Gasteiger partial charge in [-0.15, -0.1) is 0 Å². The van der Waals surface area contributed by atoms with Crippen molar-refractivity contribution in [3.05, 3.63) is 71.8 Å². The van der Waals surface area contributed by atoms with Gasteiger partial charge in [0.25, 0.3) is 0 Å². The molecule has 2 aromatic rings. The molecule has 25 heavy (non-hydrogen) atoms. The van der Waals surface area contributed by atoms with Crippen molar-refractivity contribution in [2.75, 3.05) is 14.2 Å². The molecule has 0 aliphatic rings. The van der Waals surface area contributed by atoms with Gasteiger partial charge >= 0.3 is 0 Å². The summed E-state index contributed by atoms with van der Waals surface area (Å²) in [6.07, 6.45) is -1.48. The van der Waals surface area contributed by atoms with Crippen molar-refractivity contribution >= 4 is 6.29 Å². The van der Waals surface area contributed by atoms with E-state index in [2.05, 4.69) is 0 Å². The Bertz CT molecular complexity index is 598. The lowest BCUT2D eigenvalue weighted by Crippen LogP contribution is -2.44. The molecule has 0 saturated heterocycles. The van der Waals surface area contributed by atoms with Crippen molar-refractivity contribution in [3.63, 3.8) is 0 Å². The minimum atomic E-state index is -0.811. The highest BCUT2D eigenvalue weighted by Gasteiger charge is 2.31. The zero-order chi connectivity index (χ0) is 17.9. The molecule has 0 fully saturated rings. The van der Waals surface area contributed by atoms with Crippen LogP contribution in [0.15, 0.2) is 60.7 Å². The van der Waals surface area contributed by atoms with Crippen LogP contribution in [-0.4, -0.2) is 39.0 Å². The number of methoxy groups -OCH3 is 2. The van der Waals surface area contributed by atoms with Crippen molar-refractivity contribution in [2.24, 2.45) is 0 Å². The summed E-state index contributed by atoms with van der Waals surface area (Å²) in [4.78, 5) is 11.6. The summed E-state index contributed by atoms with van der Waals surface area (Å²) >= 11 is 0. The first-order valence-electron chi connectivity index (χ1n) is 8.10. The van der Waals surface area contributed by atoms with E-state index in [1.807, 2.05) is 60.7 Å². The molecule has 0 bridgehead atoms. The average molecular weight is 344 g/mol. The third-order valence-electron chi connectivity index (χ3n) is 3.76. The van der Waals surface area contributed by atoms with Crippen LogP contribution in [0.2, 0.25) is 0 Å². The van der Waals surface area contributed by atoms with Crippen molar-refractivity contribution in [1.82, 2.24) is 0 Å². The van der Waals surface area contributed by atoms with Crippen LogP contribution in [0.25, 0.3) is 0 Å². The molecular formula is C20H24O5. The summed E-state index contributed by atoms with van der Waals surface area (Å²) in [5.74, 6) is 0. The number of hydrogen-bond acceptors (Lipinski definition) is 5.